The van der Waals surface area contributed by atoms with Crippen LogP contribution in [0.5, 0.6) is 0 Å². The van der Waals surface area contributed by atoms with E-state index in [1.54, 1.807) is 0 Å². The van der Waals surface area contributed by atoms with Crippen molar-refractivity contribution in [3.05, 3.63) is 18.2 Å². The van der Waals surface area contributed by atoms with E-state index in [2.05, 4.69) is 42.7 Å². The highest BCUT2D eigenvalue weighted by atomic mass is 15.0. The van der Waals surface area contributed by atoms with E-state index in [1.165, 1.54) is 18.7 Å². The molecule has 0 aliphatic carbocycles. The molecule has 0 radical (unpaired) electrons. The van der Waals surface area contributed by atoms with Crippen LogP contribution < -0.4 is 5.32 Å². The first-order chi connectivity index (χ1) is 7.63. The average Bonchev–Trinajstić information content (AvgIpc) is 2.61. The highest BCUT2D eigenvalue weighted by molar-refractivity contribution is 4.92. The van der Waals surface area contributed by atoms with Crippen molar-refractivity contribution in [3.8, 4) is 0 Å². The van der Waals surface area contributed by atoms with Crippen molar-refractivity contribution in [2.45, 2.75) is 46.1 Å². The predicted molar refractivity (Wildman–Crippen MR) is 68.4 cm³/mol. The lowest BCUT2D eigenvalue weighted by Crippen LogP contribution is -2.29. The topological polar surface area (TPSA) is 29.9 Å². The standard InChI is InChI=1S/C13H25N3/c1-5-6-14-12(3)9-11(2)10-13-15-7-8-16(13)4/h7-8,11-12,14H,5-6,9-10H2,1-4H3. The van der Waals surface area contributed by atoms with Gasteiger partial charge in [0.05, 0.1) is 0 Å². The Balaban J connectivity index is 2.30. The molecular weight excluding hydrogens is 198 g/mol. The minimum Gasteiger partial charge on any atom is -0.338 e. The Morgan fingerprint density at radius 3 is 2.75 bits per heavy atom. The van der Waals surface area contributed by atoms with E-state index in [0.717, 1.165) is 13.0 Å². The molecule has 3 nitrogen and oxygen atoms in total. The molecule has 0 amide bonds. The van der Waals surface area contributed by atoms with Crippen molar-refractivity contribution in [1.29, 1.82) is 0 Å². The molecule has 2 atom stereocenters. The number of imidazole rings is 1. The molecule has 92 valence electrons. The zero-order chi connectivity index (χ0) is 12.0. The molecule has 0 aromatic carbocycles. The molecule has 0 spiro atoms. The van der Waals surface area contributed by atoms with E-state index in [9.17, 15) is 0 Å². The lowest BCUT2D eigenvalue weighted by atomic mass is 9.99. The molecule has 16 heavy (non-hydrogen) atoms. The van der Waals surface area contributed by atoms with Crippen molar-refractivity contribution in [3.63, 3.8) is 0 Å². The van der Waals surface area contributed by atoms with Gasteiger partial charge in [0.2, 0.25) is 0 Å². The number of nitrogens with one attached hydrogen (secondary N) is 1. The molecular formula is C13H25N3. The largest absolute Gasteiger partial charge is 0.338 e. The minimum atomic E-state index is 0.607. The summed E-state index contributed by atoms with van der Waals surface area (Å²) >= 11 is 0. The number of aromatic nitrogens is 2. The van der Waals surface area contributed by atoms with Gasteiger partial charge in [-0.25, -0.2) is 4.98 Å². The van der Waals surface area contributed by atoms with E-state index < -0.39 is 0 Å². The van der Waals surface area contributed by atoms with Crippen LogP contribution in [0.2, 0.25) is 0 Å². The number of rotatable bonds is 7. The van der Waals surface area contributed by atoms with Crippen LogP contribution in [0, 0.1) is 5.92 Å². The first kappa shape index (κ1) is 13.2. The van der Waals surface area contributed by atoms with Gasteiger partial charge in [0.15, 0.2) is 0 Å². The summed E-state index contributed by atoms with van der Waals surface area (Å²) in [5, 5.41) is 3.53. The fraction of sp³-hybridized carbons (Fsp3) is 0.769. The summed E-state index contributed by atoms with van der Waals surface area (Å²) in [6.07, 6.45) is 7.38. The maximum Gasteiger partial charge on any atom is 0.108 e. The van der Waals surface area contributed by atoms with Crippen LogP contribution in [-0.2, 0) is 13.5 Å². The van der Waals surface area contributed by atoms with Gasteiger partial charge in [-0.15, -0.1) is 0 Å². The Labute approximate surface area is 99.3 Å². The van der Waals surface area contributed by atoms with Crippen LogP contribution in [0.3, 0.4) is 0 Å². The van der Waals surface area contributed by atoms with Crippen LogP contribution in [0.25, 0.3) is 0 Å². The number of aryl methyl sites for hydroxylation is 1. The second-order valence-corrected chi connectivity index (χ2v) is 4.85. The maximum atomic E-state index is 4.37. The lowest BCUT2D eigenvalue weighted by Gasteiger charge is -2.18. The smallest absolute Gasteiger partial charge is 0.108 e. The summed E-state index contributed by atoms with van der Waals surface area (Å²) in [5.74, 6) is 1.87. The Kier molecular flexibility index (Phi) is 5.53. The molecule has 0 fully saturated rings. The van der Waals surface area contributed by atoms with Gasteiger partial charge in [0.25, 0.3) is 0 Å². The molecule has 0 aliphatic rings. The quantitative estimate of drug-likeness (QED) is 0.769. The monoisotopic (exact) mass is 223 g/mol. The highest BCUT2D eigenvalue weighted by Crippen LogP contribution is 2.12. The van der Waals surface area contributed by atoms with Gasteiger partial charge in [-0.1, -0.05) is 13.8 Å². The van der Waals surface area contributed by atoms with Crippen molar-refractivity contribution in [1.82, 2.24) is 14.9 Å². The van der Waals surface area contributed by atoms with Gasteiger partial charge in [0, 0.05) is 31.9 Å². The number of hydrogen-bond acceptors (Lipinski definition) is 2. The molecule has 0 saturated carbocycles. The van der Waals surface area contributed by atoms with Crippen LogP contribution >= 0.6 is 0 Å². The third-order valence-electron chi connectivity index (χ3n) is 2.95. The minimum absolute atomic E-state index is 0.607. The fourth-order valence-electron chi connectivity index (χ4n) is 2.07. The Morgan fingerprint density at radius 2 is 2.19 bits per heavy atom. The molecule has 0 saturated heterocycles. The summed E-state index contributed by atoms with van der Waals surface area (Å²) in [5.41, 5.74) is 0. The summed E-state index contributed by atoms with van der Waals surface area (Å²) in [4.78, 5) is 4.37. The maximum absolute atomic E-state index is 4.37. The Morgan fingerprint density at radius 1 is 1.44 bits per heavy atom. The summed E-state index contributed by atoms with van der Waals surface area (Å²) < 4.78 is 2.11. The Bertz CT molecular complexity index is 293. The van der Waals surface area contributed by atoms with E-state index >= 15 is 0 Å². The molecule has 2 unspecified atom stereocenters. The molecule has 1 aromatic rings. The van der Waals surface area contributed by atoms with Gasteiger partial charge in [0.1, 0.15) is 5.82 Å². The zero-order valence-corrected chi connectivity index (χ0v) is 11.0. The van der Waals surface area contributed by atoms with Crippen LogP contribution in [0.15, 0.2) is 12.4 Å². The SMILES string of the molecule is CCCNC(C)CC(C)Cc1nccn1C. The summed E-state index contributed by atoms with van der Waals surface area (Å²) in [6.45, 7) is 7.90. The van der Waals surface area contributed by atoms with Gasteiger partial charge >= 0.3 is 0 Å². The first-order valence-corrected chi connectivity index (χ1v) is 6.33. The summed E-state index contributed by atoms with van der Waals surface area (Å²) in [7, 11) is 2.06. The fourth-order valence-corrected chi connectivity index (χ4v) is 2.07. The lowest BCUT2D eigenvalue weighted by molar-refractivity contribution is 0.412. The normalized spacial score (nSPS) is 15.0. The van der Waals surface area contributed by atoms with E-state index in [1.807, 2.05) is 12.4 Å². The average molecular weight is 223 g/mol. The second-order valence-electron chi connectivity index (χ2n) is 4.85. The Hall–Kier alpha value is -0.830. The van der Waals surface area contributed by atoms with Crippen molar-refractivity contribution >= 4 is 0 Å². The van der Waals surface area contributed by atoms with E-state index in [0.29, 0.717) is 12.0 Å². The van der Waals surface area contributed by atoms with Gasteiger partial charge in [-0.2, -0.15) is 0 Å². The third kappa shape index (κ3) is 4.35. The molecule has 1 N–H and O–H groups in total. The van der Waals surface area contributed by atoms with Crippen molar-refractivity contribution in [2.75, 3.05) is 6.54 Å². The third-order valence-corrected chi connectivity index (χ3v) is 2.95. The van der Waals surface area contributed by atoms with Crippen LogP contribution in [0.1, 0.15) is 39.4 Å². The number of hydrogen-bond donors (Lipinski definition) is 1. The second kappa shape index (κ2) is 6.69. The molecule has 1 aromatic heterocycles. The zero-order valence-electron chi connectivity index (χ0n) is 11.0. The summed E-state index contributed by atoms with van der Waals surface area (Å²) in [6, 6.07) is 0.607. The first-order valence-electron chi connectivity index (χ1n) is 6.33. The highest BCUT2D eigenvalue weighted by Gasteiger charge is 2.10. The molecule has 0 aliphatic heterocycles. The van der Waals surface area contributed by atoms with E-state index in [-0.39, 0.29) is 0 Å². The van der Waals surface area contributed by atoms with Crippen molar-refractivity contribution < 1.29 is 0 Å². The molecule has 0 bridgehead atoms. The molecule has 3 heteroatoms. The molecule has 1 rings (SSSR count). The van der Waals surface area contributed by atoms with Crippen molar-refractivity contribution in [2.24, 2.45) is 13.0 Å². The number of nitrogens with zero attached hydrogens (tertiary/aromatic N) is 2. The van der Waals surface area contributed by atoms with Gasteiger partial charge < -0.3 is 9.88 Å². The predicted octanol–water partition coefficient (Wildman–Crippen LogP) is 2.38. The van der Waals surface area contributed by atoms with Gasteiger partial charge in [-0.05, 0) is 32.2 Å². The molecule has 1 heterocycles. The van der Waals surface area contributed by atoms with E-state index in [4.69, 9.17) is 0 Å². The van der Waals surface area contributed by atoms with Crippen LogP contribution in [0.4, 0.5) is 0 Å². The van der Waals surface area contributed by atoms with Gasteiger partial charge in [-0.3, -0.25) is 0 Å². The van der Waals surface area contributed by atoms with Crippen LogP contribution in [-0.4, -0.2) is 22.1 Å².